The molecule has 2 aromatic rings. The van der Waals surface area contributed by atoms with Crippen molar-refractivity contribution in [2.24, 2.45) is 0 Å². The van der Waals surface area contributed by atoms with Crippen LogP contribution < -0.4 is 5.73 Å². The van der Waals surface area contributed by atoms with Crippen LogP contribution in [0.2, 0.25) is 5.02 Å². The Morgan fingerprint density at radius 3 is 3.00 bits per heavy atom. The van der Waals surface area contributed by atoms with Gasteiger partial charge in [-0.25, -0.2) is 4.68 Å². The first kappa shape index (κ1) is 13.9. The van der Waals surface area contributed by atoms with Gasteiger partial charge in [-0.05, 0) is 30.5 Å². The molecule has 0 radical (unpaired) electrons. The van der Waals surface area contributed by atoms with Crippen molar-refractivity contribution in [2.75, 3.05) is 5.73 Å². The molecule has 0 spiro atoms. The van der Waals surface area contributed by atoms with Crippen molar-refractivity contribution in [3.63, 3.8) is 0 Å². The number of nitrogens with zero attached hydrogens (tertiary/aromatic N) is 3. The molecule has 1 aromatic heterocycles. The van der Waals surface area contributed by atoms with Crippen LogP contribution in [-0.4, -0.2) is 25.8 Å². The Morgan fingerprint density at radius 2 is 2.29 bits per heavy atom. The zero-order valence-electron chi connectivity index (χ0n) is 11.5. The summed E-state index contributed by atoms with van der Waals surface area (Å²) in [6.45, 7) is 2.50. The molecule has 2 atom stereocenters. The number of carboxylic acids is 1. The molecule has 6 nitrogen and oxygen atoms in total. The minimum absolute atomic E-state index is 0.0263. The molecule has 7 heteroatoms. The van der Waals surface area contributed by atoms with Crippen molar-refractivity contribution in [1.82, 2.24) is 14.8 Å². The molecule has 0 fully saturated rings. The third-order valence-electron chi connectivity index (χ3n) is 3.99. The standard InChI is InChI=1S/C14H15ClN4O2/c1-7-9(3-2-4-11(7)15)8-5-10(13(20)21)12-17-14(16)18-19(12)6-8/h2-4,8,10H,5-6H2,1H3,(H2,16,18)(H,20,21). The molecule has 0 aliphatic carbocycles. The number of hydrogen-bond donors (Lipinski definition) is 2. The van der Waals surface area contributed by atoms with Crippen LogP contribution >= 0.6 is 11.6 Å². The molecule has 2 unspecified atom stereocenters. The van der Waals surface area contributed by atoms with E-state index in [1.165, 1.54) is 0 Å². The highest BCUT2D eigenvalue weighted by Gasteiger charge is 2.35. The molecule has 110 valence electrons. The SMILES string of the molecule is Cc1c(Cl)cccc1C1CC(C(=O)O)c2nc(N)nn2C1. The van der Waals surface area contributed by atoms with Gasteiger partial charge in [0.1, 0.15) is 11.7 Å². The van der Waals surface area contributed by atoms with Gasteiger partial charge in [-0.1, -0.05) is 23.7 Å². The molecular formula is C14H15ClN4O2. The van der Waals surface area contributed by atoms with Crippen LogP contribution in [0.4, 0.5) is 5.95 Å². The third kappa shape index (κ3) is 2.35. The Bertz CT molecular complexity index is 713. The Kier molecular flexibility index (Phi) is 3.33. The maximum Gasteiger partial charge on any atom is 0.314 e. The lowest BCUT2D eigenvalue weighted by molar-refractivity contribution is -0.139. The maximum absolute atomic E-state index is 11.5. The topological polar surface area (TPSA) is 94.0 Å². The highest BCUT2D eigenvalue weighted by Crippen LogP contribution is 2.38. The van der Waals surface area contributed by atoms with Gasteiger partial charge in [0.05, 0.1) is 6.54 Å². The monoisotopic (exact) mass is 306 g/mol. The molecule has 0 saturated heterocycles. The zero-order valence-corrected chi connectivity index (χ0v) is 12.2. The van der Waals surface area contributed by atoms with Crippen molar-refractivity contribution < 1.29 is 9.90 Å². The molecule has 0 saturated carbocycles. The Hall–Kier alpha value is -2.08. The number of anilines is 1. The van der Waals surface area contributed by atoms with Crippen molar-refractivity contribution in [2.45, 2.75) is 31.7 Å². The van der Waals surface area contributed by atoms with E-state index in [0.717, 1.165) is 11.1 Å². The summed E-state index contributed by atoms with van der Waals surface area (Å²) in [5.74, 6) is -1.05. The summed E-state index contributed by atoms with van der Waals surface area (Å²) in [5, 5.41) is 14.2. The van der Waals surface area contributed by atoms with Crippen molar-refractivity contribution >= 4 is 23.5 Å². The maximum atomic E-state index is 11.5. The van der Waals surface area contributed by atoms with E-state index in [9.17, 15) is 9.90 Å². The molecule has 3 rings (SSSR count). The number of benzene rings is 1. The van der Waals surface area contributed by atoms with Crippen molar-refractivity contribution in [3.05, 3.63) is 40.2 Å². The second-order valence-corrected chi connectivity index (χ2v) is 5.70. The first-order valence-corrected chi connectivity index (χ1v) is 7.03. The minimum Gasteiger partial charge on any atom is -0.481 e. The Morgan fingerprint density at radius 1 is 1.52 bits per heavy atom. The number of nitrogen functional groups attached to an aromatic ring is 1. The average Bonchev–Trinajstić information content (AvgIpc) is 2.80. The molecule has 1 aliphatic heterocycles. The lowest BCUT2D eigenvalue weighted by atomic mass is 9.84. The lowest BCUT2D eigenvalue weighted by Crippen LogP contribution is -2.28. The van der Waals surface area contributed by atoms with Crippen LogP contribution in [0, 0.1) is 6.92 Å². The summed E-state index contributed by atoms with van der Waals surface area (Å²) >= 11 is 6.17. The van der Waals surface area contributed by atoms with Gasteiger partial charge in [-0.15, -0.1) is 5.10 Å². The summed E-state index contributed by atoms with van der Waals surface area (Å²) in [7, 11) is 0. The highest BCUT2D eigenvalue weighted by atomic mass is 35.5. The summed E-state index contributed by atoms with van der Waals surface area (Å²) in [4.78, 5) is 15.6. The van der Waals surface area contributed by atoms with Crippen molar-refractivity contribution in [3.8, 4) is 0 Å². The van der Waals surface area contributed by atoms with E-state index in [2.05, 4.69) is 10.1 Å². The number of carboxylic acid groups (broad SMARTS) is 1. The second-order valence-electron chi connectivity index (χ2n) is 5.29. The smallest absolute Gasteiger partial charge is 0.314 e. The molecule has 0 amide bonds. The number of aliphatic carboxylic acids is 1. The van der Waals surface area contributed by atoms with Gasteiger partial charge >= 0.3 is 5.97 Å². The van der Waals surface area contributed by atoms with E-state index in [-0.39, 0.29) is 11.9 Å². The number of halogens is 1. The summed E-state index contributed by atoms with van der Waals surface area (Å²) < 4.78 is 1.60. The number of aromatic nitrogens is 3. The summed E-state index contributed by atoms with van der Waals surface area (Å²) in [6.07, 6.45) is 0.467. The highest BCUT2D eigenvalue weighted by molar-refractivity contribution is 6.31. The third-order valence-corrected chi connectivity index (χ3v) is 4.40. The fourth-order valence-corrected chi connectivity index (χ4v) is 3.12. The van der Waals surface area contributed by atoms with Gasteiger partial charge in [-0.2, -0.15) is 4.98 Å². The molecule has 3 N–H and O–H groups in total. The molecule has 0 bridgehead atoms. The van der Waals surface area contributed by atoms with Gasteiger partial charge in [0.15, 0.2) is 0 Å². The van der Waals surface area contributed by atoms with E-state index in [4.69, 9.17) is 17.3 Å². The predicted molar refractivity (Wildman–Crippen MR) is 78.4 cm³/mol. The molecule has 1 aliphatic rings. The van der Waals surface area contributed by atoms with E-state index in [1.54, 1.807) is 4.68 Å². The van der Waals surface area contributed by atoms with E-state index < -0.39 is 11.9 Å². The zero-order chi connectivity index (χ0) is 15.1. The fraction of sp³-hybridized carbons (Fsp3) is 0.357. The van der Waals surface area contributed by atoms with Gasteiger partial charge < -0.3 is 10.8 Å². The number of hydrogen-bond acceptors (Lipinski definition) is 4. The molecule has 21 heavy (non-hydrogen) atoms. The Balaban J connectivity index is 2.04. The summed E-state index contributed by atoms with van der Waals surface area (Å²) in [5.41, 5.74) is 7.63. The van der Waals surface area contributed by atoms with Crippen LogP contribution in [0.15, 0.2) is 18.2 Å². The first-order valence-electron chi connectivity index (χ1n) is 6.65. The quantitative estimate of drug-likeness (QED) is 0.887. The number of carbonyl (C=O) groups is 1. The minimum atomic E-state index is -0.909. The van der Waals surface area contributed by atoms with Gasteiger partial charge in [-0.3, -0.25) is 4.79 Å². The van der Waals surface area contributed by atoms with Crippen LogP contribution in [0.3, 0.4) is 0 Å². The van der Waals surface area contributed by atoms with E-state index in [1.807, 2.05) is 25.1 Å². The van der Waals surface area contributed by atoms with Crippen LogP contribution in [0.5, 0.6) is 0 Å². The van der Waals surface area contributed by atoms with Gasteiger partial charge in [0.25, 0.3) is 0 Å². The van der Waals surface area contributed by atoms with E-state index in [0.29, 0.717) is 23.8 Å². The van der Waals surface area contributed by atoms with Crippen molar-refractivity contribution in [1.29, 1.82) is 0 Å². The average molecular weight is 307 g/mol. The fourth-order valence-electron chi connectivity index (χ4n) is 2.94. The predicted octanol–water partition coefficient (Wildman–Crippen LogP) is 2.18. The normalized spacial score (nSPS) is 21.0. The van der Waals surface area contributed by atoms with Gasteiger partial charge in [0, 0.05) is 10.9 Å². The largest absolute Gasteiger partial charge is 0.481 e. The first-order chi connectivity index (χ1) is 9.97. The van der Waals surface area contributed by atoms with Crippen LogP contribution in [0.25, 0.3) is 0 Å². The summed E-state index contributed by atoms with van der Waals surface area (Å²) in [6, 6.07) is 5.69. The number of nitrogens with two attached hydrogens (primary N) is 1. The van der Waals surface area contributed by atoms with Crippen LogP contribution in [0.1, 0.15) is 35.2 Å². The van der Waals surface area contributed by atoms with Gasteiger partial charge in [0.2, 0.25) is 5.95 Å². The number of rotatable bonds is 2. The number of fused-ring (bicyclic) bond motifs is 1. The van der Waals surface area contributed by atoms with E-state index >= 15 is 0 Å². The Labute approximate surface area is 126 Å². The molecular weight excluding hydrogens is 292 g/mol. The second kappa shape index (κ2) is 5.04. The van der Waals surface area contributed by atoms with Crippen LogP contribution in [-0.2, 0) is 11.3 Å². The molecule has 2 heterocycles. The lowest BCUT2D eigenvalue weighted by Gasteiger charge is -2.28. The molecule has 1 aromatic carbocycles.